The van der Waals surface area contributed by atoms with Crippen molar-refractivity contribution in [1.29, 1.82) is 0 Å². The quantitative estimate of drug-likeness (QED) is 0.462. The zero-order valence-corrected chi connectivity index (χ0v) is 18.8. The Hall–Kier alpha value is -3.52. The van der Waals surface area contributed by atoms with Crippen LogP contribution in [-0.4, -0.2) is 41.0 Å². The Balaban J connectivity index is 1.30. The molecule has 1 aliphatic heterocycles. The number of benzene rings is 2. The highest BCUT2D eigenvalue weighted by atomic mass is 32.1. The molecule has 0 saturated heterocycles. The number of amides is 1. The molecule has 0 N–H and O–H groups in total. The van der Waals surface area contributed by atoms with E-state index in [1.807, 2.05) is 72.8 Å². The van der Waals surface area contributed by atoms with Crippen molar-refractivity contribution < 1.29 is 9.53 Å². The molecular weight excluding hydrogens is 422 g/mol. The summed E-state index contributed by atoms with van der Waals surface area (Å²) in [6, 6.07) is 15.6. The second kappa shape index (κ2) is 8.55. The number of carbonyl (C=O) groups is 1. The van der Waals surface area contributed by atoms with Crippen molar-refractivity contribution in [2.45, 2.75) is 20.0 Å². The number of rotatable bonds is 5. The number of fused-ring (bicyclic) bond motifs is 2. The third-order valence-electron chi connectivity index (χ3n) is 5.43. The van der Waals surface area contributed by atoms with Crippen molar-refractivity contribution in [1.82, 2.24) is 15.0 Å². The number of hydrogen-bond donors (Lipinski definition) is 0. The fourth-order valence-corrected chi connectivity index (χ4v) is 4.35. The van der Waals surface area contributed by atoms with Gasteiger partial charge >= 0.3 is 0 Å². The molecular formula is C24H23N5O2S. The van der Waals surface area contributed by atoms with Gasteiger partial charge in [0.1, 0.15) is 17.4 Å². The van der Waals surface area contributed by atoms with Crippen LogP contribution in [0, 0.1) is 6.92 Å². The van der Waals surface area contributed by atoms with Gasteiger partial charge in [0.15, 0.2) is 11.6 Å². The van der Waals surface area contributed by atoms with Gasteiger partial charge in [-0.2, -0.15) is 0 Å². The van der Waals surface area contributed by atoms with Crippen molar-refractivity contribution in [2.75, 3.05) is 29.9 Å². The van der Waals surface area contributed by atoms with E-state index in [1.165, 1.54) is 16.9 Å². The highest BCUT2D eigenvalue weighted by Gasteiger charge is 2.28. The average Bonchev–Trinajstić information content (AvgIpc) is 3.25. The topological polar surface area (TPSA) is 71.5 Å². The van der Waals surface area contributed by atoms with E-state index < -0.39 is 0 Å². The third kappa shape index (κ3) is 4.13. The van der Waals surface area contributed by atoms with Crippen molar-refractivity contribution in [3.05, 3.63) is 70.2 Å². The molecule has 1 amide bonds. The van der Waals surface area contributed by atoms with Crippen LogP contribution in [0.3, 0.4) is 0 Å². The molecule has 0 unspecified atom stereocenters. The SMILES string of the molecule is Cc1ccc(OCc2nc(CC(=O)N3CCN(C)c4nc5ccccc5nc43)cs2)cc1. The van der Waals surface area contributed by atoms with Crippen LogP contribution < -0.4 is 14.5 Å². The van der Waals surface area contributed by atoms with E-state index in [4.69, 9.17) is 14.7 Å². The summed E-state index contributed by atoms with van der Waals surface area (Å²) < 4.78 is 5.81. The van der Waals surface area contributed by atoms with E-state index in [-0.39, 0.29) is 12.3 Å². The largest absolute Gasteiger partial charge is 0.486 e. The van der Waals surface area contributed by atoms with Crippen LogP contribution in [0.25, 0.3) is 11.0 Å². The van der Waals surface area contributed by atoms with Gasteiger partial charge in [-0.3, -0.25) is 9.69 Å². The number of thiazole rings is 1. The number of carbonyl (C=O) groups excluding carboxylic acids is 1. The van der Waals surface area contributed by atoms with Crippen LogP contribution in [0.15, 0.2) is 53.9 Å². The zero-order chi connectivity index (χ0) is 22.1. The number of hydrogen-bond acceptors (Lipinski definition) is 7. The predicted octanol–water partition coefficient (Wildman–Crippen LogP) is 4.00. The summed E-state index contributed by atoms with van der Waals surface area (Å²) >= 11 is 1.51. The van der Waals surface area contributed by atoms with Crippen LogP contribution in [0.1, 0.15) is 16.3 Å². The van der Waals surface area contributed by atoms with Gasteiger partial charge < -0.3 is 9.64 Å². The maximum Gasteiger partial charge on any atom is 0.234 e. The van der Waals surface area contributed by atoms with Gasteiger partial charge in [-0.05, 0) is 31.2 Å². The number of para-hydroxylation sites is 2. The number of anilines is 2. The zero-order valence-electron chi connectivity index (χ0n) is 18.0. The first-order valence-corrected chi connectivity index (χ1v) is 11.4. The van der Waals surface area contributed by atoms with Gasteiger partial charge in [-0.25, -0.2) is 15.0 Å². The van der Waals surface area contributed by atoms with Crippen LogP contribution in [0.2, 0.25) is 0 Å². The van der Waals surface area contributed by atoms with Crippen LogP contribution in [0.5, 0.6) is 5.75 Å². The van der Waals surface area contributed by atoms with Crippen molar-refractivity contribution in [3.8, 4) is 5.75 Å². The summed E-state index contributed by atoms with van der Waals surface area (Å²) in [5, 5.41) is 2.77. The van der Waals surface area contributed by atoms with E-state index in [9.17, 15) is 4.79 Å². The van der Waals surface area contributed by atoms with Crippen molar-refractivity contribution in [3.63, 3.8) is 0 Å². The number of nitrogens with zero attached hydrogens (tertiary/aromatic N) is 5. The first-order chi connectivity index (χ1) is 15.6. The Kier molecular flexibility index (Phi) is 5.45. The Morgan fingerprint density at radius 1 is 1.00 bits per heavy atom. The highest BCUT2D eigenvalue weighted by molar-refractivity contribution is 7.09. The highest BCUT2D eigenvalue weighted by Crippen LogP contribution is 2.31. The van der Waals surface area contributed by atoms with Crippen molar-refractivity contribution >= 4 is 39.9 Å². The third-order valence-corrected chi connectivity index (χ3v) is 6.30. The molecule has 0 aliphatic carbocycles. The van der Waals surface area contributed by atoms with Gasteiger partial charge in [0, 0.05) is 25.5 Å². The summed E-state index contributed by atoms with van der Waals surface area (Å²) in [4.78, 5) is 31.0. The van der Waals surface area contributed by atoms with Crippen LogP contribution in [0.4, 0.5) is 11.6 Å². The molecule has 162 valence electrons. The first kappa shape index (κ1) is 20.4. The van der Waals surface area contributed by atoms with Gasteiger partial charge in [0.05, 0.1) is 23.1 Å². The molecule has 2 aromatic carbocycles. The molecule has 2 aromatic heterocycles. The van der Waals surface area contributed by atoms with Gasteiger partial charge in [0.2, 0.25) is 5.91 Å². The maximum atomic E-state index is 13.2. The lowest BCUT2D eigenvalue weighted by Crippen LogP contribution is -2.44. The molecule has 0 saturated carbocycles. The average molecular weight is 446 g/mol. The van der Waals surface area contributed by atoms with E-state index >= 15 is 0 Å². The standard InChI is InChI=1S/C24H23N5O2S/c1-16-7-9-18(10-8-16)31-14-21-25-17(15-32-21)13-22(30)29-12-11-28(2)23-24(29)27-20-6-4-3-5-19(20)26-23/h3-10,15H,11-14H2,1-2H3. The second-order valence-corrected chi connectivity index (χ2v) is 8.78. The molecule has 5 rings (SSSR count). The molecule has 0 bridgehead atoms. The lowest BCUT2D eigenvalue weighted by atomic mass is 10.2. The fraction of sp³-hybridized carbons (Fsp3) is 0.250. The molecule has 32 heavy (non-hydrogen) atoms. The second-order valence-electron chi connectivity index (χ2n) is 7.84. The van der Waals surface area contributed by atoms with E-state index in [0.717, 1.165) is 33.3 Å². The predicted molar refractivity (Wildman–Crippen MR) is 126 cm³/mol. The molecule has 0 atom stereocenters. The van der Waals surface area contributed by atoms with E-state index in [2.05, 4.69) is 4.98 Å². The Morgan fingerprint density at radius 2 is 1.72 bits per heavy atom. The molecule has 4 aromatic rings. The molecule has 0 spiro atoms. The van der Waals surface area contributed by atoms with Gasteiger partial charge in [-0.1, -0.05) is 29.8 Å². The lowest BCUT2D eigenvalue weighted by molar-refractivity contribution is -0.118. The first-order valence-electron chi connectivity index (χ1n) is 10.5. The Bertz CT molecular complexity index is 1270. The van der Waals surface area contributed by atoms with E-state index in [1.54, 1.807) is 4.90 Å². The summed E-state index contributed by atoms with van der Waals surface area (Å²) in [5.74, 6) is 2.12. The van der Waals surface area contributed by atoms with Crippen LogP contribution >= 0.6 is 11.3 Å². The number of aryl methyl sites for hydroxylation is 1. The summed E-state index contributed by atoms with van der Waals surface area (Å²) in [6.07, 6.45) is 0.221. The number of ether oxygens (including phenoxy) is 1. The fourth-order valence-electron chi connectivity index (χ4n) is 3.65. The minimum atomic E-state index is -0.0276. The number of likely N-dealkylation sites (N-methyl/N-ethyl adjacent to an activating group) is 1. The minimum absolute atomic E-state index is 0.0276. The number of aromatic nitrogens is 3. The van der Waals surface area contributed by atoms with Crippen molar-refractivity contribution in [2.24, 2.45) is 0 Å². The van der Waals surface area contributed by atoms with Crippen LogP contribution in [-0.2, 0) is 17.8 Å². The minimum Gasteiger partial charge on any atom is -0.486 e. The molecule has 3 heterocycles. The Morgan fingerprint density at radius 3 is 2.47 bits per heavy atom. The summed E-state index contributed by atoms with van der Waals surface area (Å²) in [5.41, 5.74) is 3.54. The summed E-state index contributed by atoms with van der Waals surface area (Å²) in [6.45, 7) is 3.71. The smallest absolute Gasteiger partial charge is 0.234 e. The molecule has 0 radical (unpaired) electrons. The van der Waals surface area contributed by atoms with E-state index in [0.29, 0.717) is 25.5 Å². The monoisotopic (exact) mass is 445 g/mol. The Labute approximate surface area is 190 Å². The summed E-state index contributed by atoms with van der Waals surface area (Å²) in [7, 11) is 1.98. The molecule has 1 aliphatic rings. The van der Waals surface area contributed by atoms with Gasteiger partial charge in [-0.15, -0.1) is 11.3 Å². The normalized spacial score (nSPS) is 13.3. The lowest BCUT2D eigenvalue weighted by Gasteiger charge is -2.33. The molecule has 8 heteroatoms. The van der Waals surface area contributed by atoms with Gasteiger partial charge in [0.25, 0.3) is 0 Å². The maximum absolute atomic E-state index is 13.2. The molecule has 7 nitrogen and oxygen atoms in total. The molecule has 0 fully saturated rings.